The average molecular weight is 396 g/mol. The SMILES string of the molecule is CCCCCC(=O)NC1CCN(S(=O)(=O)c2ccc(NC(C)=O)cc2)CC1. The third-order valence-corrected chi connectivity index (χ3v) is 6.55. The van der Waals surface area contributed by atoms with E-state index in [4.69, 9.17) is 0 Å². The highest BCUT2D eigenvalue weighted by atomic mass is 32.2. The molecule has 1 aromatic rings. The predicted octanol–water partition coefficient (Wildman–Crippen LogP) is 2.49. The van der Waals surface area contributed by atoms with Gasteiger partial charge in [-0.05, 0) is 43.5 Å². The van der Waals surface area contributed by atoms with Gasteiger partial charge in [0.2, 0.25) is 21.8 Å². The molecule has 1 aliphatic heterocycles. The van der Waals surface area contributed by atoms with E-state index in [9.17, 15) is 18.0 Å². The normalized spacial score (nSPS) is 16.1. The highest BCUT2D eigenvalue weighted by molar-refractivity contribution is 7.89. The van der Waals surface area contributed by atoms with Crippen molar-refractivity contribution in [1.29, 1.82) is 0 Å². The summed E-state index contributed by atoms with van der Waals surface area (Å²) in [6.45, 7) is 4.27. The summed E-state index contributed by atoms with van der Waals surface area (Å²) in [5.74, 6) is -0.150. The molecule has 0 atom stereocenters. The minimum atomic E-state index is -3.57. The monoisotopic (exact) mass is 395 g/mol. The zero-order valence-electron chi connectivity index (χ0n) is 16.0. The van der Waals surface area contributed by atoms with Gasteiger partial charge in [0, 0.05) is 38.2 Å². The molecule has 0 spiro atoms. The Labute approximate surface area is 161 Å². The van der Waals surface area contributed by atoms with Crippen LogP contribution in [0.15, 0.2) is 29.2 Å². The van der Waals surface area contributed by atoms with Crippen LogP contribution in [0.4, 0.5) is 5.69 Å². The summed E-state index contributed by atoms with van der Waals surface area (Å²) >= 11 is 0. The zero-order chi connectivity index (χ0) is 19.9. The van der Waals surface area contributed by atoms with Gasteiger partial charge in [0.1, 0.15) is 0 Å². The molecule has 7 nitrogen and oxygen atoms in total. The smallest absolute Gasteiger partial charge is 0.243 e. The Bertz CT molecular complexity index is 739. The number of piperidine rings is 1. The van der Waals surface area contributed by atoms with Crippen molar-refractivity contribution in [3.63, 3.8) is 0 Å². The second-order valence-electron chi connectivity index (χ2n) is 6.91. The molecule has 150 valence electrons. The first kappa shape index (κ1) is 21.4. The van der Waals surface area contributed by atoms with Crippen LogP contribution in [-0.2, 0) is 19.6 Å². The lowest BCUT2D eigenvalue weighted by atomic mass is 10.1. The molecule has 2 amide bonds. The molecule has 0 radical (unpaired) electrons. The van der Waals surface area contributed by atoms with Crippen molar-refractivity contribution < 1.29 is 18.0 Å². The van der Waals surface area contributed by atoms with Gasteiger partial charge in [0.25, 0.3) is 0 Å². The van der Waals surface area contributed by atoms with Crippen molar-refractivity contribution in [2.75, 3.05) is 18.4 Å². The maximum absolute atomic E-state index is 12.8. The van der Waals surface area contributed by atoms with Gasteiger partial charge < -0.3 is 10.6 Å². The summed E-state index contributed by atoms with van der Waals surface area (Å²) in [5.41, 5.74) is 0.561. The molecule has 1 heterocycles. The number of rotatable bonds is 8. The van der Waals surface area contributed by atoms with Crippen molar-refractivity contribution in [2.45, 2.75) is 63.3 Å². The molecule has 0 bridgehead atoms. The van der Waals surface area contributed by atoms with E-state index in [1.54, 1.807) is 12.1 Å². The van der Waals surface area contributed by atoms with Gasteiger partial charge in [-0.25, -0.2) is 8.42 Å². The van der Waals surface area contributed by atoms with Gasteiger partial charge in [-0.3, -0.25) is 9.59 Å². The molecule has 8 heteroatoms. The van der Waals surface area contributed by atoms with Gasteiger partial charge in [0.15, 0.2) is 0 Å². The highest BCUT2D eigenvalue weighted by Crippen LogP contribution is 2.22. The Kier molecular flexibility index (Phi) is 7.79. The summed E-state index contributed by atoms with van der Waals surface area (Å²) in [4.78, 5) is 23.2. The first-order chi connectivity index (χ1) is 12.8. The Balaban J connectivity index is 1.88. The molecule has 2 N–H and O–H groups in total. The molecule has 0 saturated carbocycles. The van der Waals surface area contributed by atoms with E-state index in [0.717, 1.165) is 19.3 Å². The lowest BCUT2D eigenvalue weighted by Crippen LogP contribution is -2.46. The predicted molar refractivity (Wildman–Crippen MR) is 105 cm³/mol. The van der Waals surface area contributed by atoms with Crippen LogP contribution < -0.4 is 10.6 Å². The largest absolute Gasteiger partial charge is 0.353 e. The maximum atomic E-state index is 12.8. The first-order valence-electron chi connectivity index (χ1n) is 9.50. The number of amides is 2. The van der Waals surface area contributed by atoms with E-state index < -0.39 is 10.0 Å². The third-order valence-electron chi connectivity index (χ3n) is 4.64. The fourth-order valence-corrected chi connectivity index (χ4v) is 4.61. The molecule has 0 aliphatic carbocycles. The van der Waals surface area contributed by atoms with Crippen LogP contribution in [0.25, 0.3) is 0 Å². The van der Waals surface area contributed by atoms with Gasteiger partial charge >= 0.3 is 0 Å². The number of unbranched alkanes of at least 4 members (excludes halogenated alkanes) is 2. The van der Waals surface area contributed by atoms with E-state index in [1.807, 2.05) is 0 Å². The fourth-order valence-electron chi connectivity index (χ4n) is 3.14. The van der Waals surface area contributed by atoms with Crippen molar-refractivity contribution in [3.05, 3.63) is 24.3 Å². The second kappa shape index (κ2) is 9.85. The number of anilines is 1. The number of hydrogen-bond acceptors (Lipinski definition) is 4. The van der Waals surface area contributed by atoms with Crippen molar-refractivity contribution in [2.24, 2.45) is 0 Å². The molecular weight excluding hydrogens is 366 g/mol. The van der Waals surface area contributed by atoms with Crippen LogP contribution in [0, 0.1) is 0 Å². The Morgan fingerprint density at radius 3 is 2.30 bits per heavy atom. The van der Waals surface area contributed by atoms with E-state index >= 15 is 0 Å². The molecule has 1 saturated heterocycles. The highest BCUT2D eigenvalue weighted by Gasteiger charge is 2.29. The second-order valence-corrected chi connectivity index (χ2v) is 8.85. The van der Waals surface area contributed by atoms with Crippen molar-refractivity contribution in [3.8, 4) is 0 Å². The lowest BCUT2D eigenvalue weighted by Gasteiger charge is -2.31. The van der Waals surface area contributed by atoms with Crippen molar-refractivity contribution in [1.82, 2.24) is 9.62 Å². The van der Waals surface area contributed by atoms with E-state index in [0.29, 0.717) is 38.0 Å². The number of carbonyl (C=O) groups is 2. The minimum Gasteiger partial charge on any atom is -0.353 e. The van der Waals surface area contributed by atoms with E-state index in [-0.39, 0.29) is 22.8 Å². The average Bonchev–Trinajstić information content (AvgIpc) is 2.62. The van der Waals surface area contributed by atoms with E-state index in [2.05, 4.69) is 17.6 Å². The number of sulfonamides is 1. The van der Waals surface area contributed by atoms with Crippen LogP contribution in [0.5, 0.6) is 0 Å². The molecule has 1 aromatic carbocycles. The van der Waals surface area contributed by atoms with Crippen LogP contribution in [0.3, 0.4) is 0 Å². The van der Waals surface area contributed by atoms with Gasteiger partial charge in [-0.15, -0.1) is 0 Å². The van der Waals surface area contributed by atoms with Gasteiger partial charge in [-0.1, -0.05) is 19.8 Å². The standard InChI is InChI=1S/C19H29N3O4S/c1-3-4-5-6-19(24)21-17-11-13-22(14-12-17)27(25,26)18-9-7-16(8-10-18)20-15(2)23/h7-10,17H,3-6,11-14H2,1-2H3,(H,20,23)(H,21,24). The number of nitrogens with one attached hydrogen (secondary N) is 2. The Morgan fingerprint density at radius 1 is 1.11 bits per heavy atom. The van der Waals surface area contributed by atoms with Crippen molar-refractivity contribution >= 4 is 27.5 Å². The summed E-state index contributed by atoms with van der Waals surface area (Å²) < 4.78 is 27.0. The molecule has 1 fully saturated rings. The number of carbonyl (C=O) groups excluding carboxylic acids is 2. The topological polar surface area (TPSA) is 95.6 Å². The summed E-state index contributed by atoms with van der Waals surface area (Å²) in [5, 5.41) is 5.63. The van der Waals surface area contributed by atoms with Crippen LogP contribution in [-0.4, -0.2) is 43.7 Å². The van der Waals surface area contributed by atoms with E-state index in [1.165, 1.54) is 23.4 Å². The van der Waals surface area contributed by atoms with Gasteiger partial charge in [0.05, 0.1) is 4.90 Å². The summed E-state index contributed by atoms with van der Waals surface area (Å²) in [7, 11) is -3.57. The third kappa shape index (κ3) is 6.32. The molecule has 1 aliphatic rings. The summed E-state index contributed by atoms with van der Waals surface area (Å²) in [6, 6.07) is 6.20. The number of hydrogen-bond donors (Lipinski definition) is 2. The Hall–Kier alpha value is -1.93. The zero-order valence-corrected chi connectivity index (χ0v) is 16.8. The van der Waals surface area contributed by atoms with Gasteiger partial charge in [-0.2, -0.15) is 4.31 Å². The number of nitrogens with zero attached hydrogens (tertiary/aromatic N) is 1. The van der Waals surface area contributed by atoms with Crippen LogP contribution in [0.1, 0.15) is 52.4 Å². The molecule has 0 unspecified atom stereocenters. The molecular formula is C19H29N3O4S. The molecule has 2 rings (SSSR count). The minimum absolute atomic E-state index is 0.0349. The molecule has 0 aromatic heterocycles. The quantitative estimate of drug-likeness (QED) is 0.661. The maximum Gasteiger partial charge on any atom is 0.243 e. The lowest BCUT2D eigenvalue weighted by molar-refractivity contribution is -0.122. The fraction of sp³-hybridized carbons (Fsp3) is 0.579. The van der Waals surface area contributed by atoms with Crippen LogP contribution in [0.2, 0.25) is 0 Å². The summed E-state index contributed by atoms with van der Waals surface area (Å²) in [6.07, 6.45) is 4.78. The first-order valence-corrected chi connectivity index (χ1v) is 10.9. The number of benzene rings is 1. The Morgan fingerprint density at radius 2 is 1.74 bits per heavy atom. The molecule has 27 heavy (non-hydrogen) atoms. The van der Waals surface area contributed by atoms with Crippen LogP contribution >= 0.6 is 0 Å².